The van der Waals surface area contributed by atoms with E-state index in [4.69, 9.17) is 5.21 Å². The standard InChI is InChI=1S/BrH.K.H3NO/c;;1-2/h1H;;2H,1H2/q;+1;/p-1. The molecule has 0 fully saturated rings. The first-order valence-electron chi connectivity index (χ1n) is 0.258. The van der Waals surface area contributed by atoms with Crippen LogP contribution in [0.5, 0.6) is 0 Å². The third-order valence-electron chi connectivity index (χ3n) is 0. The minimum absolute atomic E-state index is 0. The first-order valence-corrected chi connectivity index (χ1v) is 0.258. The van der Waals surface area contributed by atoms with E-state index in [1.165, 1.54) is 0 Å². The van der Waals surface area contributed by atoms with Crippen LogP contribution in [0, 0.1) is 0 Å². The fourth-order valence-electron chi connectivity index (χ4n) is 0. The van der Waals surface area contributed by atoms with Gasteiger partial charge in [-0.05, 0) is 0 Å². The molecule has 0 aliphatic heterocycles. The molecule has 22 valence electrons. The Labute approximate surface area is 77.9 Å². The van der Waals surface area contributed by atoms with Gasteiger partial charge in [0.15, 0.2) is 0 Å². The Bertz CT molecular complexity index is 8.00. The Morgan fingerprint density at radius 2 is 1.25 bits per heavy atom. The van der Waals surface area contributed by atoms with Gasteiger partial charge in [0.25, 0.3) is 0 Å². The average Bonchev–Trinajstić information content (AvgIpc) is 1.00. The number of hydrogen-bond acceptors (Lipinski definition) is 2. The zero-order chi connectivity index (χ0) is 2.00. The molecular formula is H3BrKNO. The predicted molar refractivity (Wildman–Crippen MR) is 5.97 cm³/mol. The first kappa shape index (κ1) is 16.6. The monoisotopic (exact) mass is 151 g/mol. The van der Waals surface area contributed by atoms with Crippen LogP contribution in [0.3, 0.4) is 0 Å². The van der Waals surface area contributed by atoms with Crippen molar-refractivity contribution in [2.24, 2.45) is 5.90 Å². The van der Waals surface area contributed by atoms with E-state index in [1.807, 2.05) is 0 Å². The molecule has 0 aromatic heterocycles. The second kappa shape index (κ2) is 19.8. The summed E-state index contributed by atoms with van der Waals surface area (Å²) in [6, 6.07) is 0. The maximum atomic E-state index is 6.50. The van der Waals surface area contributed by atoms with Crippen molar-refractivity contribution in [1.82, 2.24) is 0 Å². The van der Waals surface area contributed by atoms with Crippen LogP contribution in [0.4, 0.5) is 0 Å². The van der Waals surface area contributed by atoms with Gasteiger partial charge in [-0.15, -0.1) is 0 Å². The molecule has 0 spiro atoms. The van der Waals surface area contributed by atoms with Crippen LogP contribution in [0.25, 0.3) is 0 Å². The minimum Gasteiger partial charge on any atom is -1.00 e. The zero-order valence-electron chi connectivity index (χ0n) is 2.40. The van der Waals surface area contributed by atoms with Gasteiger partial charge in [-0.25, -0.2) is 5.90 Å². The van der Waals surface area contributed by atoms with Gasteiger partial charge in [-0.1, -0.05) is 0 Å². The zero-order valence-corrected chi connectivity index (χ0v) is 7.11. The normalized spacial score (nSPS) is 1.50. The van der Waals surface area contributed by atoms with Gasteiger partial charge < -0.3 is 22.2 Å². The summed E-state index contributed by atoms with van der Waals surface area (Å²) < 4.78 is 0. The first-order chi connectivity index (χ1) is 1.00. The summed E-state index contributed by atoms with van der Waals surface area (Å²) in [4.78, 5) is 0. The Morgan fingerprint density at radius 3 is 1.25 bits per heavy atom. The van der Waals surface area contributed by atoms with Crippen molar-refractivity contribution in [1.29, 1.82) is 0 Å². The molecule has 0 unspecified atom stereocenters. The van der Waals surface area contributed by atoms with Crippen molar-refractivity contribution in [2.75, 3.05) is 0 Å². The fraction of sp³-hybridized carbons (Fsp3) is 0. The average molecular weight is 152 g/mol. The molecule has 0 aliphatic rings. The van der Waals surface area contributed by atoms with E-state index in [2.05, 4.69) is 5.90 Å². The van der Waals surface area contributed by atoms with Crippen LogP contribution < -0.4 is 74.3 Å². The third-order valence-corrected chi connectivity index (χ3v) is 0. The van der Waals surface area contributed by atoms with Crippen molar-refractivity contribution in [3.63, 3.8) is 0 Å². The van der Waals surface area contributed by atoms with Gasteiger partial charge in [0, 0.05) is 0 Å². The van der Waals surface area contributed by atoms with E-state index in [1.54, 1.807) is 0 Å². The van der Waals surface area contributed by atoms with E-state index in [0.29, 0.717) is 0 Å². The van der Waals surface area contributed by atoms with Gasteiger partial charge in [0.1, 0.15) is 0 Å². The Hall–Kier alpha value is 2.04. The van der Waals surface area contributed by atoms with E-state index < -0.39 is 0 Å². The summed E-state index contributed by atoms with van der Waals surface area (Å²) in [5.74, 6) is 3.50. The second-order valence-corrected chi connectivity index (χ2v) is 0. The van der Waals surface area contributed by atoms with Crippen LogP contribution in [0.2, 0.25) is 0 Å². The Morgan fingerprint density at radius 1 is 1.25 bits per heavy atom. The summed E-state index contributed by atoms with van der Waals surface area (Å²) in [5, 5.41) is 6.50. The van der Waals surface area contributed by atoms with Crippen LogP contribution in [-0.2, 0) is 0 Å². The Balaban J connectivity index is -0.00000000500. The van der Waals surface area contributed by atoms with E-state index in [0.717, 1.165) is 0 Å². The third kappa shape index (κ3) is 8.97. The van der Waals surface area contributed by atoms with Gasteiger partial charge in [0.05, 0.1) is 0 Å². The van der Waals surface area contributed by atoms with Crippen molar-refractivity contribution in [3.8, 4) is 0 Å². The molecule has 4 heteroatoms. The molecule has 0 saturated heterocycles. The molecular weight excluding hydrogens is 149 g/mol. The summed E-state index contributed by atoms with van der Waals surface area (Å²) in [6.07, 6.45) is 0. The molecule has 0 aromatic carbocycles. The molecule has 0 bridgehead atoms. The SMILES string of the molecule is NO.[Br-].[K+]. The van der Waals surface area contributed by atoms with Gasteiger partial charge in [-0.2, -0.15) is 0 Å². The summed E-state index contributed by atoms with van der Waals surface area (Å²) >= 11 is 0. The van der Waals surface area contributed by atoms with E-state index in [9.17, 15) is 0 Å². The summed E-state index contributed by atoms with van der Waals surface area (Å²) in [5.41, 5.74) is 0. The van der Waals surface area contributed by atoms with Crippen molar-refractivity contribution in [3.05, 3.63) is 0 Å². The van der Waals surface area contributed by atoms with Gasteiger partial charge in [-0.3, -0.25) is 0 Å². The minimum atomic E-state index is 0. The molecule has 4 heavy (non-hydrogen) atoms. The predicted octanol–water partition coefficient (Wildman–Crippen LogP) is -6.66. The smallest absolute Gasteiger partial charge is 1.00 e. The number of halogens is 1. The van der Waals surface area contributed by atoms with Crippen LogP contribution in [0.15, 0.2) is 0 Å². The maximum Gasteiger partial charge on any atom is 1.00 e. The molecule has 0 heterocycles. The van der Waals surface area contributed by atoms with Crippen molar-refractivity contribution >= 4 is 0 Å². The van der Waals surface area contributed by atoms with Crippen molar-refractivity contribution in [2.45, 2.75) is 0 Å². The van der Waals surface area contributed by atoms with Gasteiger partial charge in [0.2, 0.25) is 0 Å². The molecule has 0 radical (unpaired) electrons. The maximum absolute atomic E-state index is 6.50. The molecule has 0 atom stereocenters. The molecule has 0 aromatic rings. The second-order valence-electron chi connectivity index (χ2n) is 0. The largest absolute Gasteiger partial charge is 1.00 e. The van der Waals surface area contributed by atoms with Crippen molar-refractivity contribution < 1.29 is 73.6 Å². The summed E-state index contributed by atoms with van der Waals surface area (Å²) in [6.45, 7) is 0. The summed E-state index contributed by atoms with van der Waals surface area (Å²) in [7, 11) is 0. The molecule has 0 amide bonds. The molecule has 0 aliphatic carbocycles. The Kier molecular flexibility index (Phi) is 82.2. The molecule has 2 nitrogen and oxygen atoms in total. The quantitative estimate of drug-likeness (QED) is 0.268. The number of hydrogen-bond donors (Lipinski definition) is 2. The van der Waals surface area contributed by atoms with E-state index >= 15 is 0 Å². The van der Waals surface area contributed by atoms with E-state index in [-0.39, 0.29) is 68.4 Å². The van der Waals surface area contributed by atoms with Crippen LogP contribution in [-0.4, -0.2) is 5.21 Å². The molecule has 0 rings (SSSR count). The fourth-order valence-corrected chi connectivity index (χ4v) is 0. The number of rotatable bonds is 0. The van der Waals surface area contributed by atoms with Gasteiger partial charge >= 0.3 is 51.4 Å². The topological polar surface area (TPSA) is 46.2 Å². The van der Waals surface area contributed by atoms with Crippen LogP contribution in [0.1, 0.15) is 0 Å². The molecule has 0 saturated carbocycles. The number of nitrogens with two attached hydrogens (primary N) is 1. The molecule has 3 N–H and O–H groups in total. The van der Waals surface area contributed by atoms with Crippen LogP contribution >= 0.6 is 0 Å².